The minimum Gasteiger partial charge on any atom is -0.497 e. The molecule has 0 aliphatic carbocycles. The number of benzene rings is 1. The van der Waals surface area contributed by atoms with E-state index in [1.165, 1.54) is 0 Å². The first-order valence-electron chi connectivity index (χ1n) is 4.66. The molecule has 1 aromatic carbocycles. The Balaban J connectivity index is 2.35. The Morgan fingerprint density at radius 2 is 2.13 bits per heavy atom. The van der Waals surface area contributed by atoms with Crippen molar-refractivity contribution in [2.75, 3.05) is 7.11 Å². The summed E-state index contributed by atoms with van der Waals surface area (Å²) >= 11 is 1.57. The normalized spacial score (nSPS) is 10.3. The van der Waals surface area contributed by atoms with Crippen LogP contribution in [0.15, 0.2) is 35.7 Å². The molecule has 2 aromatic rings. The van der Waals surface area contributed by atoms with Crippen molar-refractivity contribution in [2.45, 2.75) is 6.61 Å². The van der Waals surface area contributed by atoms with Crippen molar-refractivity contribution in [2.24, 2.45) is 0 Å². The van der Waals surface area contributed by atoms with E-state index in [1.807, 2.05) is 35.7 Å². The summed E-state index contributed by atoms with van der Waals surface area (Å²) in [6.07, 6.45) is 0. The van der Waals surface area contributed by atoms with Gasteiger partial charge in [0.2, 0.25) is 0 Å². The highest BCUT2D eigenvalue weighted by Crippen LogP contribution is 2.28. The third-order valence-electron chi connectivity index (χ3n) is 2.21. The average Bonchev–Trinajstić information content (AvgIpc) is 2.78. The molecule has 1 aromatic heterocycles. The highest BCUT2D eigenvalue weighted by atomic mass is 32.1. The van der Waals surface area contributed by atoms with Gasteiger partial charge >= 0.3 is 0 Å². The second-order valence-electron chi connectivity index (χ2n) is 3.19. The van der Waals surface area contributed by atoms with Crippen molar-refractivity contribution in [1.29, 1.82) is 0 Å². The summed E-state index contributed by atoms with van der Waals surface area (Å²) < 4.78 is 5.16. The topological polar surface area (TPSA) is 29.5 Å². The van der Waals surface area contributed by atoms with E-state index in [0.717, 1.165) is 21.8 Å². The summed E-state index contributed by atoms with van der Waals surface area (Å²) in [4.78, 5) is 0.979. The molecular formula is C12H12O2S. The summed E-state index contributed by atoms with van der Waals surface area (Å²) in [5.74, 6) is 0.851. The first kappa shape index (κ1) is 10.2. The molecule has 15 heavy (non-hydrogen) atoms. The molecule has 0 atom stereocenters. The van der Waals surface area contributed by atoms with Gasteiger partial charge in [0.1, 0.15) is 5.75 Å². The van der Waals surface area contributed by atoms with Crippen LogP contribution in [0.2, 0.25) is 0 Å². The van der Waals surface area contributed by atoms with Crippen LogP contribution >= 0.6 is 11.3 Å². The number of hydrogen-bond acceptors (Lipinski definition) is 3. The van der Waals surface area contributed by atoms with Crippen molar-refractivity contribution in [3.05, 3.63) is 40.6 Å². The molecule has 0 spiro atoms. The smallest absolute Gasteiger partial charge is 0.119 e. The molecule has 2 rings (SSSR count). The summed E-state index contributed by atoms with van der Waals surface area (Å²) in [5.41, 5.74) is 2.24. The van der Waals surface area contributed by atoms with Crippen molar-refractivity contribution < 1.29 is 9.84 Å². The minimum atomic E-state index is 0.106. The largest absolute Gasteiger partial charge is 0.497 e. The van der Waals surface area contributed by atoms with Gasteiger partial charge in [-0.2, -0.15) is 0 Å². The molecule has 1 heterocycles. The molecule has 0 radical (unpaired) electrons. The third kappa shape index (κ3) is 2.19. The number of hydrogen-bond donors (Lipinski definition) is 1. The van der Waals surface area contributed by atoms with Crippen LogP contribution < -0.4 is 4.74 Å². The second-order valence-corrected chi connectivity index (χ2v) is 4.19. The maximum Gasteiger partial charge on any atom is 0.119 e. The van der Waals surface area contributed by atoms with Gasteiger partial charge in [-0.1, -0.05) is 12.1 Å². The predicted molar refractivity (Wildman–Crippen MR) is 62.2 cm³/mol. The standard InChI is InChI=1S/C12H12O2S/c1-14-11-4-2-3-9(5-11)10-6-12(7-13)15-8-10/h2-6,8,13H,7H2,1H3. The van der Waals surface area contributed by atoms with Gasteiger partial charge in [-0.05, 0) is 34.7 Å². The maximum atomic E-state index is 8.98. The molecule has 78 valence electrons. The van der Waals surface area contributed by atoms with Crippen molar-refractivity contribution in [1.82, 2.24) is 0 Å². The Hall–Kier alpha value is -1.32. The third-order valence-corrected chi connectivity index (χ3v) is 3.13. The Labute approximate surface area is 92.8 Å². The molecule has 0 amide bonds. The number of ether oxygens (including phenoxy) is 1. The van der Waals surface area contributed by atoms with E-state index in [4.69, 9.17) is 9.84 Å². The van der Waals surface area contributed by atoms with Gasteiger partial charge in [-0.15, -0.1) is 11.3 Å². The van der Waals surface area contributed by atoms with Crippen LogP contribution in [-0.4, -0.2) is 12.2 Å². The molecule has 0 aliphatic heterocycles. The van der Waals surface area contributed by atoms with Gasteiger partial charge in [0, 0.05) is 4.88 Å². The zero-order valence-corrected chi connectivity index (χ0v) is 9.25. The van der Waals surface area contributed by atoms with E-state index in [0.29, 0.717) is 0 Å². The Kier molecular flexibility index (Phi) is 3.04. The molecular weight excluding hydrogens is 208 g/mol. The molecule has 0 saturated carbocycles. The van der Waals surface area contributed by atoms with E-state index in [1.54, 1.807) is 18.4 Å². The number of thiophene rings is 1. The zero-order chi connectivity index (χ0) is 10.7. The van der Waals surface area contributed by atoms with Crippen LogP contribution in [0.4, 0.5) is 0 Å². The maximum absolute atomic E-state index is 8.98. The van der Waals surface area contributed by atoms with Gasteiger partial charge in [0.25, 0.3) is 0 Å². The van der Waals surface area contributed by atoms with Gasteiger partial charge in [-0.3, -0.25) is 0 Å². The SMILES string of the molecule is COc1cccc(-c2csc(CO)c2)c1. The molecule has 2 nitrogen and oxygen atoms in total. The molecule has 0 fully saturated rings. The van der Waals surface area contributed by atoms with E-state index in [9.17, 15) is 0 Å². The predicted octanol–water partition coefficient (Wildman–Crippen LogP) is 2.92. The highest BCUT2D eigenvalue weighted by molar-refractivity contribution is 7.10. The van der Waals surface area contributed by atoms with Gasteiger partial charge in [-0.25, -0.2) is 0 Å². The fraction of sp³-hybridized carbons (Fsp3) is 0.167. The zero-order valence-electron chi connectivity index (χ0n) is 8.43. The second kappa shape index (κ2) is 4.47. The minimum absolute atomic E-state index is 0.106. The van der Waals surface area contributed by atoms with E-state index in [2.05, 4.69) is 0 Å². The van der Waals surface area contributed by atoms with Crippen LogP contribution in [0, 0.1) is 0 Å². The monoisotopic (exact) mass is 220 g/mol. The quantitative estimate of drug-likeness (QED) is 0.861. The number of aliphatic hydroxyl groups is 1. The van der Waals surface area contributed by atoms with Crippen molar-refractivity contribution in [3.63, 3.8) is 0 Å². The molecule has 3 heteroatoms. The Morgan fingerprint density at radius 1 is 1.27 bits per heavy atom. The fourth-order valence-electron chi connectivity index (χ4n) is 1.42. The van der Waals surface area contributed by atoms with Crippen molar-refractivity contribution >= 4 is 11.3 Å². The fourth-order valence-corrected chi connectivity index (χ4v) is 2.17. The molecule has 0 unspecified atom stereocenters. The summed E-state index contributed by atoms with van der Waals surface area (Å²) in [5, 5.41) is 11.0. The van der Waals surface area contributed by atoms with Crippen LogP contribution in [0.1, 0.15) is 4.88 Å². The van der Waals surface area contributed by atoms with Gasteiger partial charge < -0.3 is 9.84 Å². The highest BCUT2D eigenvalue weighted by Gasteiger charge is 2.02. The molecule has 0 saturated heterocycles. The van der Waals surface area contributed by atoms with Crippen molar-refractivity contribution in [3.8, 4) is 16.9 Å². The lowest BCUT2D eigenvalue weighted by molar-refractivity contribution is 0.285. The Morgan fingerprint density at radius 3 is 2.80 bits per heavy atom. The first-order valence-corrected chi connectivity index (χ1v) is 5.54. The van der Waals surface area contributed by atoms with E-state index < -0.39 is 0 Å². The average molecular weight is 220 g/mol. The Bertz CT molecular complexity index is 448. The van der Waals surface area contributed by atoms with Crippen LogP contribution in [0.25, 0.3) is 11.1 Å². The number of aliphatic hydroxyl groups excluding tert-OH is 1. The van der Waals surface area contributed by atoms with Gasteiger partial charge in [0.05, 0.1) is 13.7 Å². The lowest BCUT2D eigenvalue weighted by Crippen LogP contribution is -1.82. The van der Waals surface area contributed by atoms with E-state index >= 15 is 0 Å². The molecule has 1 N–H and O–H groups in total. The van der Waals surface area contributed by atoms with Gasteiger partial charge in [0.15, 0.2) is 0 Å². The number of methoxy groups -OCH3 is 1. The molecule has 0 aliphatic rings. The number of rotatable bonds is 3. The van der Waals surface area contributed by atoms with Crippen LogP contribution in [0.5, 0.6) is 5.75 Å². The lowest BCUT2D eigenvalue weighted by atomic mass is 10.1. The van der Waals surface area contributed by atoms with Crippen LogP contribution in [0.3, 0.4) is 0 Å². The van der Waals surface area contributed by atoms with E-state index in [-0.39, 0.29) is 6.61 Å². The summed E-state index contributed by atoms with van der Waals surface area (Å²) in [6.45, 7) is 0.106. The lowest BCUT2D eigenvalue weighted by Gasteiger charge is -2.01. The van der Waals surface area contributed by atoms with Crippen LogP contribution in [-0.2, 0) is 6.61 Å². The molecule has 0 bridgehead atoms. The summed E-state index contributed by atoms with van der Waals surface area (Å²) in [7, 11) is 1.66. The first-order chi connectivity index (χ1) is 7.33. The summed E-state index contributed by atoms with van der Waals surface area (Å²) in [6, 6.07) is 9.90.